The molecule has 1 N–H and O–H groups in total. The molecule has 4 nitrogen and oxygen atoms in total. The Balaban J connectivity index is 1.90. The lowest BCUT2D eigenvalue weighted by molar-refractivity contribution is 0.212. The third-order valence-electron chi connectivity index (χ3n) is 4.16. The molecule has 0 aliphatic carbocycles. The number of carbonyl (C=O) groups is 1. The summed E-state index contributed by atoms with van der Waals surface area (Å²) in [4.78, 5) is 18.7. The average molecular weight is 366 g/mol. The van der Waals surface area contributed by atoms with Gasteiger partial charge in [0.05, 0.1) is 6.04 Å². The number of anilines is 1. The number of aryl methyl sites for hydroxylation is 1. The number of rotatable bonds is 4. The second-order valence-electron chi connectivity index (χ2n) is 6.15. The van der Waals surface area contributed by atoms with Crippen LogP contribution in [0.25, 0.3) is 0 Å². The number of amides is 2. The molecule has 0 fully saturated rings. The molecule has 1 atom stereocenters. The first-order chi connectivity index (χ1) is 12.5. The topological polar surface area (TPSA) is 45.2 Å². The average Bonchev–Trinajstić information content (AvgIpc) is 2.64. The number of carbonyl (C=O) groups excluding carboxylic acids is 1. The highest BCUT2D eigenvalue weighted by atomic mass is 35.5. The fourth-order valence-electron chi connectivity index (χ4n) is 2.87. The molecule has 3 aromatic rings. The molecule has 1 aromatic heterocycles. The van der Waals surface area contributed by atoms with Crippen molar-refractivity contribution in [1.29, 1.82) is 0 Å². The van der Waals surface area contributed by atoms with Crippen molar-refractivity contribution in [2.45, 2.75) is 13.0 Å². The number of hydrogen-bond acceptors (Lipinski definition) is 2. The summed E-state index contributed by atoms with van der Waals surface area (Å²) in [5.41, 5.74) is 3.75. The van der Waals surface area contributed by atoms with E-state index in [9.17, 15) is 4.79 Å². The van der Waals surface area contributed by atoms with Crippen LogP contribution in [0.3, 0.4) is 0 Å². The number of nitrogens with one attached hydrogen (secondary N) is 1. The number of urea groups is 1. The van der Waals surface area contributed by atoms with E-state index in [4.69, 9.17) is 11.6 Å². The number of benzene rings is 2. The Hall–Kier alpha value is -2.85. The highest BCUT2D eigenvalue weighted by Crippen LogP contribution is 2.28. The Bertz CT molecular complexity index is 881. The van der Waals surface area contributed by atoms with Crippen LogP contribution >= 0.6 is 11.6 Å². The van der Waals surface area contributed by atoms with E-state index < -0.39 is 0 Å². The molecule has 1 heterocycles. The smallest absolute Gasteiger partial charge is 0.316 e. The van der Waals surface area contributed by atoms with Crippen LogP contribution in [0.2, 0.25) is 5.02 Å². The minimum Gasteiger partial charge on any atom is -0.316 e. The van der Waals surface area contributed by atoms with Gasteiger partial charge in [-0.1, -0.05) is 41.9 Å². The minimum atomic E-state index is -0.272. The zero-order valence-corrected chi connectivity index (χ0v) is 15.4. The van der Waals surface area contributed by atoms with Crippen molar-refractivity contribution >= 4 is 23.3 Å². The van der Waals surface area contributed by atoms with Gasteiger partial charge in [0.2, 0.25) is 0 Å². The molecule has 0 saturated heterocycles. The van der Waals surface area contributed by atoms with Crippen LogP contribution in [0, 0.1) is 6.92 Å². The Morgan fingerprint density at radius 1 is 1.08 bits per heavy atom. The van der Waals surface area contributed by atoms with E-state index in [-0.39, 0.29) is 12.1 Å². The van der Waals surface area contributed by atoms with Crippen molar-refractivity contribution in [2.24, 2.45) is 0 Å². The maximum absolute atomic E-state index is 12.8. The van der Waals surface area contributed by atoms with Crippen molar-refractivity contribution in [1.82, 2.24) is 9.88 Å². The minimum absolute atomic E-state index is 0.195. The van der Waals surface area contributed by atoms with Crippen LogP contribution in [0.15, 0.2) is 73.1 Å². The second-order valence-corrected chi connectivity index (χ2v) is 6.59. The van der Waals surface area contributed by atoms with E-state index in [2.05, 4.69) is 10.3 Å². The monoisotopic (exact) mass is 365 g/mol. The van der Waals surface area contributed by atoms with Gasteiger partial charge in [-0.15, -0.1) is 0 Å². The third-order valence-corrected chi connectivity index (χ3v) is 4.41. The van der Waals surface area contributed by atoms with Gasteiger partial charge in [-0.25, -0.2) is 4.79 Å². The third kappa shape index (κ3) is 4.21. The quantitative estimate of drug-likeness (QED) is 0.682. The predicted molar refractivity (Wildman–Crippen MR) is 105 cm³/mol. The lowest BCUT2D eigenvalue weighted by Gasteiger charge is -2.29. The summed E-state index contributed by atoms with van der Waals surface area (Å²) in [7, 11) is 1.78. The van der Waals surface area contributed by atoms with Gasteiger partial charge in [0, 0.05) is 30.2 Å². The molecule has 2 amide bonds. The SMILES string of the molecule is Cc1cccc(NC(=O)N(C)[C@@H](c2ccc(Cl)cc2)c2cccnc2)c1. The highest BCUT2D eigenvalue weighted by Gasteiger charge is 2.24. The van der Waals surface area contributed by atoms with Gasteiger partial charge in [-0.05, 0) is 53.9 Å². The van der Waals surface area contributed by atoms with Crippen molar-refractivity contribution < 1.29 is 4.79 Å². The molecule has 0 spiro atoms. The molecular weight excluding hydrogens is 346 g/mol. The molecule has 132 valence electrons. The van der Waals surface area contributed by atoms with Gasteiger partial charge in [0.15, 0.2) is 0 Å². The van der Waals surface area contributed by atoms with E-state index in [0.29, 0.717) is 5.02 Å². The van der Waals surface area contributed by atoms with Crippen molar-refractivity contribution in [3.63, 3.8) is 0 Å². The molecule has 0 aliphatic heterocycles. The first-order valence-corrected chi connectivity index (χ1v) is 8.68. The summed E-state index contributed by atoms with van der Waals surface area (Å²) in [6, 6.07) is 18.6. The summed E-state index contributed by atoms with van der Waals surface area (Å²) < 4.78 is 0. The Kier molecular flexibility index (Phi) is 5.54. The molecule has 0 bridgehead atoms. The van der Waals surface area contributed by atoms with Gasteiger partial charge in [0.25, 0.3) is 0 Å². The first-order valence-electron chi connectivity index (χ1n) is 8.30. The van der Waals surface area contributed by atoms with Crippen LogP contribution in [0.4, 0.5) is 10.5 Å². The van der Waals surface area contributed by atoms with Crippen LogP contribution in [0.1, 0.15) is 22.7 Å². The Morgan fingerprint density at radius 3 is 2.50 bits per heavy atom. The first kappa shape index (κ1) is 18.0. The second kappa shape index (κ2) is 8.02. The van der Waals surface area contributed by atoms with Gasteiger partial charge in [-0.2, -0.15) is 0 Å². The summed E-state index contributed by atoms with van der Waals surface area (Å²) in [5.74, 6) is 0. The summed E-state index contributed by atoms with van der Waals surface area (Å²) in [6.07, 6.45) is 3.49. The summed E-state index contributed by atoms with van der Waals surface area (Å²) in [6.45, 7) is 1.99. The van der Waals surface area contributed by atoms with Gasteiger partial charge < -0.3 is 10.2 Å². The van der Waals surface area contributed by atoms with Crippen LogP contribution in [-0.2, 0) is 0 Å². The number of hydrogen-bond donors (Lipinski definition) is 1. The van der Waals surface area contributed by atoms with E-state index >= 15 is 0 Å². The standard InChI is InChI=1S/C21H20ClN3O/c1-15-5-3-7-19(13-15)24-21(26)25(2)20(17-6-4-12-23-14-17)16-8-10-18(22)11-9-16/h3-14,20H,1-2H3,(H,24,26)/t20-/m0/s1. The zero-order valence-electron chi connectivity index (χ0n) is 14.7. The van der Waals surface area contributed by atoms with Crippen LogP contribution in [-0.4, -0.2) is 23.0 Å². The Morgan fingerprint density at radius 2 is 1.85 bits per heavy atom. The zero-order chi connectivity index (χ0) is 18.5. The molecule has 2 aromatic carbocycles. The fraction of sp³-hybridized carbons (Fsp3) is 0.143. The largest absolute Gasteiger partial charge is 0.322 e. The fourth-order valence-corrected chi connectivity index (χ4v) is 3.00. The van der Waals surface area contributed by atoms with Crippen molar-refractivity contribution in [3.05, 3.63) is 94.8 Å². The van der Waals surface area contributed by atoms with Gasteiger partial charge in [0.1, 0.15) is 0 Å². The normalized spacial score (nSPS) is 11.7. The predicted octanol–water partition coefficient (Wildman–Crippen LogP) is 5.30. The van der Waals surface area contributed by atoms with Crippen molar-refractivity contribution in [3.8, 4) is 0 Å². The molecule has 3 rings (SSSR count). The van der Waals surface area contributed by atoms with Crippen molar-refractivity contribution in [2.75, 3.05) is 12.4 Å². The van der Waals surface area contributed by atoms with Crippen LogP contribution in [0.5, 0.6) is 0 Å². The Labute approximate surface area is 158 Å². The van der Waals surface area contributed by atoms with Crippen LogP contribution < -0.4 is 5.32 Å². The molecule has 0 aliphatic rings. The molecule has 5 heteroatoms. The molecule has 0 unspecified atom stereocenters. The summed E-state index contributed by atoms with van der Waals surface area (Å²) >= 11 is 6.02. The van der Waals surface area contributed by atoms with E-state index in [1.54, 1.807) is 24.3 Å². The van der Waals surface area contributed by atoms with Gasteiger partial charge in [-0.3, -0.25) is 4.98 Å². The molecular formula is C21H20ClN3O. The summed E-state index contributed by atoms with van der Waals surface area (Å²) in [5, 5.41) is 3.61. The van der Waals surface area contributed by atoms with E-state index in [1.807, 2.05) is 67.6 Å². The maximum Gasteiger partial charge on any atom is 0.322 e. The number of halogens is 1. The number of aromatic nitrogens is 1. The molecule has 26 heavy (non-hydrogen) atoms. The number of pyridine rings is 1. The lowest BCUT2D eigenvalue weighted by atomic mass is 9.99. The maximum atomic E-state index is 12.8. The van der Waals surface area contributed by atoms with Gasteiger partial charge >= 0.3 is 6.03 Å². The highest BCUT2D eigenvalue weighted by molar-refractivity contribution is 6.30. The van der Waals surface area contributed by atoms with E-state index in [1.165, 1.54) is 0 Å². The van der Waals surface area contributed by atoms with E-state index in [0.717, 1.165) is 22.4 Å². The molecule has 0 saturated carbocycles. The lowest BCUT2D eigenvalue weighted by Crippen LogP contribution is -2.35. The molecule has 0 radical (unpaired) electrons. The number of nitrogens with zero attached hydrogens (tertiary/aromatic N) is 2.